The summed E-state index contributed by atoms with van der Waals surface area (Å²) >= 11 is 0. The first-order valence-electron chi connectivity index (χ1n) is 6.57. The van der Waals surface area contributed by atoms with Gasteiger partial charge in [-0.1, -0.05) is 31.0 Å². The maximum Gasteiger partial charge on any atom is 0.224 e. The van der Waals surface area contributed by atoms with E-state index in [4.69, 9.17) is 4.42 Å². The summed E-state index contributed by atoms with van der Waals surface area (Å²) in [6, 6.07) is 8.21. The van der Waals surface area contributed by atoms with Gasteiger partial charge in [0.1, 0.15) is 5.58 Å². The molecule has 1 amide bonds. The Kier molecular flexibility index (Phi) is 3.05. The van der Waals surface area contributed by atoms with Gasteiger partial charge in [-0.25, -0.2) is 0 Å². The van der Waals surface area contributed by atoms with Crippen molar-refractivity contribution in [2.75, 3.05) is 0 Å². The summed E-state index contributed by atoms with van der Waals surface area (Å²) in [5.74, 6) is 0.105. The lowest BCUT2D eigenvalue weighted by Gasteiger charge is -2.11. The minimum atomic E-state index is 0.105. The summed E-state index contributed by atoms with van der Waals surface area (Å²) in [5.41, 5.74) is 1.82. The maximum atomic E-state index is 12.0. The van der Waals surface area contributed by atoms with Gasteiger partial charge in [-0.2, -0.15) is 0 Å². The Morgan fingerprint density at radius 2 is 2.06 bits per heavy atom. The van der Waals surface area contributed by atoms with E-state index < -0.39 is 0 Å². The number of furan rings is 1. The summed E-state index contributed by atoms with van der Waals surface area (Å²) in [6.45, 7) is 0. The van der Waals surface area contributed by atoms with E-state index in [1.807, 2.05) is 24.3 Å². The fourth-order valence-corrected chi connectivity index (χ4v) is 2.69. The van der Waals surface area contributed by atoms with Gasteiger partial charge in [0.2, 0.25) is 5.91 Å². The number of fused-ring (bicyclic) bond motifs is 1. The number of rotatable bonds is 3. The molecule has 2 aromatic rings. The van der Waals surface area contributed by atoms with Crippen molar-refractivity contribution in [3.8, 4) is 0 Å². The van der Waals surface area contributed by atoms with Crippen molar-refractivity contribution in [1.82, 2.24) is 5.32 Å². The van der Waals surface area contributed by atoms with E-state index in [9.17, 15) is 4.79 Å². The fourth-order valence-electron chi connectivity index (χ4n) is 2.69. The summed E-state index contributed by atoms with van der Waals surface area (Å²) < 4.78 is 5.44. The van der Waals surface area contributed by atoms with Gasteiger partial charge < -0.3 is 9.73 Å². The Morgan fingerprint density at radius 3 is 2.89 bits per heavy atom. The third-order valence-corrected chi connectivity index (χ3v) is 3.63. The van der Waals surface area contributed by atoms with Crippen LogP contribution in [0.2, 0.25) is 0 Å². The average Bonchev–Trinajstić information content (AvgIpc) is 3.00. The molecule has 94 valence electrons. The van der Waals surface area contributed by atoms with Crippen LogP contribution >= 0.6 is 0 Å². The molecule has 0 saturated heterocycles. The van der Waals surface area contributed by atoms with E-state index in [1.54, 1.807) is 6.26 Å². The van der Waals surface area contributed by atoms with Crippen LogP contribution in [0.5, 0.6) is 0 Å². The predicted molar refractivity (Wildman–Crippen MR) is 70.3 cm³/mol. The first-order valence-corrected chi connectivity index (χ1v) is 6.57. The van der Waals surface area contributed by atoms with Crippen LogP contribution in [0.4, 0.5) is 0 Å². The molecule has 1 aromatic heterocycles. The molecule has 3 heteroatoms. The predicted octanol–water partition coefficient (Wildman–Crippen LogP) is 3.03. The summed E-state index contributed by atoms with van der Waals surface area (Å²) in [7, 11) is 0. The minimum absolute atomic E-state index is 0.105. The van der Waals surface area contributed by atoms with Gasteiger partial charge in [-0.05, 0) is 18.9 Å². The highest BCUT2D eigenvalue weighted by Crippen LogP contribution is 2.22. The average molecular weight is 243 g/mol. The topological polar surface area (TPSA) is 42.2 Å². The van der Waals surface area contributed by atoms with E-state index in [0.29, 0.717) is 12.5 Å². The molecule has 1 aliphatic carbocycles. The molecule has 0 spiro atoms. The number of amides is 1. The third kappa shape index (κ3) is 2.26. The van der Waals surface area contributed by atoms with Crippen molar-refractivity contribution in [2.24, 2.45) is 0 Å². The lowest BCUT2D eigenvalue weighted by molar-refractivity contribution is -0.121. The van der Waals surface area contributed by atoms with E-state index in [-0.39, 0.29) is 5.91 Å². The van der Waals surface area contributed by atoms with Gasteiger partial charge in [0.25, 0.3) is 0 Å². The molecule has 1 aromatic carbocycles. The first-order chi connectivity index (χ1) is 8.83. The van der Waals surface area contributed by atoms with E-state index >= 15 is 0 Å². The van der Waals surface area contributed by atoms with Crippen molar-refractivity contribution >= 4 is 16.9 Å². The molecule has 1 aliphatic rings. The largest absolute Gasteiger partial charge is 0.464 e. The van der Waals surface area contributed by atoms with Crippen LogP contribution in [0.3, 0.4) is 0 Å². The number of carbonyl (C=O) groups excluding carboxylic acids is 1. The molecule has 0 atom stereocenters. The molecule has 1 N–H and O–H groups in total. The second-order valence-electron chi connectivity index (χ2n) is 4.98. The standard InChI is InChI=1S/C15H17NO2/c17-15(16-12-5-1-2-6-12)9-11-10-18-14-8-4-3-7-13(11)14/h3-4,7-8,10,12H,1-2,5-6,9H2,(H,16,17). The Labute approximate surface area is 106 Å². The quantitative estimate of drug-likeness (QED) is 0.900. The maximum absolute atomic E-state index is 12.0. The zero-order chi connectivity index (χ0) is 12.4. The molecule has 0 unspecified atom stereocenters. The molecule has 1 saturated carbocycles. The van der Waals surface area contributed by atoms with Crippen LogP contribution < -0.4 is 5.32 Å². The highest BCUT2D eigenvalue weighted by atomic mass is 16.3. The molecule has 1 heterocycles. The van der Waals surface area contributed by atoms with Gasteiger partial charge in [0.15, 0.2) is 0 Å². The number of para-hydroxylation sites is 1. The minimum Gasteiger partial charge on any atom is -0.464 e. The van der Waals surface area contributed by atoms with Gasteiger partial charge >= 0.3 is 0 Å². The molecule has 0 radical (unpaired) electrons. The van der Waals surface area contributed by atoms with Crippen molar-refractivity contribution in [2.45, 2.75) is 38.1 Å². The number of hydrogen-bond donors (Lipinski definition) is 1. The summed E-state index contributed by atoms with van der Waals surface area (Å²) in [5, 5.41) is 4.14. The molecular weight excluding hydrogens is 226 g/mol. The molecule has 3 nitrogen and oxygen atoms in total. The summed E-state index contributed by atoms with van der Waals surface area (Å²) in [6.07, 6.45) is 6.82. The van der Waals surface area contributed by atoms with Crippen molar-refractivity contribution in [1.29, 1.82) is 0 Å². The third-order valence-electron chi connectivity index (χ3n) is 3.63. The Hall–Kier alpha value is -1.77. The highest BCUT2D eigenvalue weighted by Gasteiger charge is 2.18. The van der Waals surface area contributed by atoms with E-state index in [2.05, 4.69) is 5.32 Å². The van der Waals surface area contributed by atoms with Gasteiger partial charge in [-0.15, -0.1) is 0 Å². The molecule has 18 heavy (non-hydrogen) atoms. The van der Waals surface area contributed by atoms with Gasteiger partial charge in [-0.3, -0.25) is 4.79 Å². The monoisotopic (exact) mass is 243 g/mol. The van der Waals surface area contributed by atoms with Crippen molar-refractivity contribution in [3.63, 3.8) is 0 Å². The van der Waals surface area contributed by atoms with Gasteiger partial charge in [0.05, 0.1) is 12.7 Å². The van der Waals surface area contributed by atoms with Crippen molar-refractivity contribution < 1.29 is 9.21 Å². The molecule has 0 bridgehead atoms. The number of benzene rings is 1. The lowest BCUT2D eigenvalue weighted by atomic mass is 10.1. The first kappa shape index (κ1) is 11.3. The zero-order valence-electron chi connectivity index (χ0n) is 10.3. The SMILES string of the molecule is O=C(Cc1coc2ccccc12)NC1CCCC1. The Bertz CT molecular complexity index is 552. The smallest absolute Gasteiger partial charge is 0.224 e. The molecule has 0 aliphatic heterocycles. The molecule has 1 fully saturated rings. The Morgan fingerprint density at radius 1 is 1.28 bits per heavy atom. The second-order valence-corrected chi connectivity index (χ2v) is 4.98. The number of carbonyl (C=O) groups is 1. The second kappa shape index (κ2) is 4.84. The van der Waals surface area contributed by atoms with Crippen LogP contribution in [0, 0.1) is 0 Å². The zero-order valence-corrected chi connectivity index (χ0v) is 10.3. The highest BCUT2D eigenvalue weighted by molar-refractivity contribution is 5.87. The number of hydrogen-bond acceptors (Lipinski definition) is 2. The van der Waals surface area contributed by atoms with E-state index in [0.717, 1.165) is 29.4 Å². The van der Waals surface area contributed by atoms with Crippen LogP contribution in [-0.2, 0) is 11.2 Å². The summed E-state index contributed by atoms with van der Waals surface area (Å²) in [4.78, 5) is 12.0. The molecule has 3 rings (SSSR count). The lowest BCUT2D eigenvalue weighted by Crippen LogP contribution is -2.33. The van der Waals surface area contributed by atoms with Crippen LogP contribution in [0.1, 0.15) is 31.2 Å². The Balaban J connectivity index is 1.70. The number of nitrogens with one attached hydrogen (secondary N) is 1. The van der Waals surface area contributed by atoms with E-state index in [1.165, 1.54) is 12.8 Å². The van der Waals surface area contributed by atoms with Gasteiger partial charge in [0, 0.05) is 17.0 Å². The normalized spacial score (nSPS) is 16.2. The molecular formula is C15H17NO2. The fraction of sp³-hybridized carbons (Fsp3) is 0.400. The van der Waals surface area contributed by atoms with Crippen LogP contribution in [0.15, 0.2) is 34.9 Å². The van der Waals surface area contributed by atoms with Crippen LogP contribution in [-0.4, -0.2) is 11.9 Å². The van der Waals surface area contributed by atoms with Crippen LogP contribution in [0.25, 0.3) is 11.0 Å². The van der Waals surface area contributed by atoms with Crippen molar-refractivity contribution in [3.05, 3.63) is 36.1 Å².